The molecule has 0 saturated heterocycles. The van der Waals surface area contributed by atoms with Crippen molar-refractivity contribution in [2.45, 2.75) is 32.7 Å². The molecule has 0 fully saturated rings. The van der Waals surface area contributed by atoms with Crippen LogP contribution in [0.5, 0.6) is 5.75 Å². The van der Waals surface area contributed by atoms with Crippen LogP contribution in [-0.2, 0) is 28.9 Å². The maximum Gasteiger partial charge on any atom is 0.305 e. The zero-order chi connectivity index (χ0) is 24.2. The van der Waals surface area contributed by atoms with E-state index in [9.17, 15) is 14.7 Å². The fraction of sp³-hybridized carbons (Fsp3) is 0.222. The van der Waals surface area contributed by atoms with Gasteiger partial charge in [-0.2, -0.15) is 0 Å². The van der Waals surface area contributed by atoms with Crippen molar-refractivity contribution in [2.24, 2.45) is 5.73 Å². The number of fused-ring (bicyclic) bond motifs is 1. The number of benzene rings is 2. The predicted molar refractivity (Wildman–Crippen MR) is 131 cm³/mol. The zero-order valence-corrected chi connectivity index (χ0v) is 19.2. The molecule has 4 aromatic rings. The number of esters is 1. The fourth-order valence-corrected chi connectivity index (χ4v) is 4.42. The number of rotatable bonds is 8. The Morgan fingerprint density at radius 1 is 1.03 bits per heavy atom. The lowest BCUT2D eigenvalue weighted by Crippen LogP contribution is -2.14. The van der Waals surface area contributed by atoms with E-state index in [4.69, 9.17) is 10.5 Å². The van der Waals surface area contributed by atoms with Crippen molar-refractivity contribution in [3.8, 4) is 17.0 Å². The van der Waals surface area contributed by atoms with Gasteiger partial charge in [0.05, 0.1) is 24.8 Å². The van der Waals surface area contributed by atoms with E-state index in [1.54, 1.807) is 12.1 Å². The number of primary amides is 1. The first-order chi connectivity index (χ1) is 16.4. The minimum Gasteiger partial charge on any atom is -0.506 e. The van der Waals surface area contributed by atoms with E-state index in [0.29, 0.717) is 35.3 Å². The van der Waals surface area contributed by atoms with Crippen molar-refractivity contribution in [2.75, 3.05) is 7.11 Å². The Labute approximate surface area is 197 Å². The van der Waals surface area contributed by atoms with Crippen LogP contribution in [0.1, 0.15) is 33.7 Å². The lowest BCUT2D eigenvalue weighted by atomic mass is 10.0. The van der Waals surface area contributed by atoms with Crippen molar-refractivity contribution in [1.82, 2.24) is 9.55 Å². The van der Waals surface area contributed by atoms with E-state index in [1.807, 2.05) is 47.9 Å². The normalized spacial score (nSPS) is 11.0. The minimum absolute atomic E-state index is 0.0521. The number of pyridine rings is 1. The summed E-state index contributed by atoms with van der Waals surface area (Å²) >= 11 is 0. The van der Waals surface area contributed by atoms with Crippen LogP contribution in [0.2, 0.25) is 0 Å². The molecule has 2 aromatic carbocycles. The molecule has 0 saturated carbocycles. The van der Waals surface area contributed by atoms with Crippen molar-refractivity contribution in [1.29, 1.82) is 0 Å². The van der Waals surface area contributed by atoms with Crippen LogP contribution in [0.15, 0.2) is 60.7 Å². The van der Waals surface area contributed by atoms with Crippen LogP contribution in [0.4, 0.5) is 0 Å². The Balaban J connectivity index is 1.88. The van der Waals surface area contributed by atoms with E-state index >= 15 is 0 Å². The highest BCUT2D eigenvalue weighted by Gasteiger charge is 2.26. The molecule has 34 heavy (non-hydrogen) atoms. The van der Waals surface area contributed by atoms with Crippen LogP contribution < -0.4 is 5.73 Å². The summed E-state index contributed by atoms with van der Waals surface area (Å²) < 4.78 is 6.90. The van der Waals surface area contributed by atoms with Crippen molar-refractivity contribution < 1.29 is 19.4 Å². The third-order valence-corrected chi connectivity index (χ3v) is 6.09. The number of methoxy groups -OCH3 is 1. The third kappa shape index (κ3) is 4.50. The second kappa shape index (κ2) is 9.79. The number of nitrogens with two attached hydrogens (primary N) is 1. The maximum absolute atomic E-state index is 12.6. The average Bonchev–Trinajstić information content (AvgIpc) is 3.13. The molecule has 174 valence electrons. The molecule has 0 radical (unpaired) electrons. The van der Waals surface area contributed by atoms with Gasteiger partial charge in [-0.05, 0) is 37.5 Å². The Kier molecular flexibility index (Phi) is 6.63. The number of phenols is 1. The summed E-state index contributed by atoms with van der Waals surface area (Å²) in [6.07, 6.45) is 1.24. The fourth-order valence-electron chi connectivity index (χ4n) is 4.42. The Morgan fingerprint density at radius 3 is 2.50 bits per heavy atom. The second-order valence-electron chi connectivity index (χ2n) is 8.16. The van der Waals surface area contributed by atoms with Gasteiger partial charge in [0.1, 0.15) is 11.3 Å². The summed E-state index contributed by atoms with van der Waals surface area (Å²) in [6, 6.07) is 18.9. The van der Waals surface area contributed by atoms with Crippen LogP contribution in [0.25, 0.3) is 22.2 Å². The molecule has 0 bridgehead atoms. The number of hydrogen-bond donors (Lipinski definition) is 2. The van der Waals surface area contributed by atoms with Gasteiger partial charge in [0.2, 0.25) is 0 Å². The van der Waals surface area contributed by atoms with Crippen LogP contribution in [0, 0.1) is 6.92 Å². The molecular formula is C27H27N3O4. The number of nitrogens with zero attached hydrogens (tertiary/aromatic N) is 2. The molecule has 4 rings (SSSR count). The number of aryl methyl sites for hydroxylation is 1. The van der Waals surface area contributed by atoms with Gasteiger partial charge in [0.25, 0.3) is 5.91 Å². The summed E-state index contributed by atoms with van der Waals surface area (Å²) in [5.41, 5.74) is 10.4. The van der Waals surface area contributed by atoms with Gasteiger partial charge in [0, 0.05) is 28.9 Å². The third-order valence-electron chi connectivity index (χ3n) is 6.09. The zero-order valence-electron chi connectivity index (χ0n) is 19.2. The molecule has 1 amide bonds. The summed E-state index contributed by atoms with van der Waals surface area (Å²) in [7, 11) is 1.35. The molecule has 7 nitrogen and oxygen atoms in total. The minimum atomic E-state index is -0.565. The van der Waals surface area contributed by atoms with Gasteiger partial charge in [0.15, 0.2) is 0 Å². The molecule has 0 spiro atoms. The largest absolute Gasteiger partial charge is 0.506 e. The SMILES string of the molecule is COC(=O)CCc1c(-c2ccc3cccc(O)c3n2)c(C(N)=O)c(C)n1CCc1ccccc1. The van der Waals surface area contributed by atoms with Crippen molar-refractivity contribution in [3.63, 3.8) is 0 Å². The molecule has 3 N–H and O–H groups in total. The Bertz CT molecular complexity index is 1360. The summed E-state index contributed by atoms with van der Waals surface area (Å²) in [5, 5.41) is 11.1. The van der Waals surface area contributed by atoms with E-state index in [1.165, 1.54) is 7.11 Å². The lowest BCUT2D eigenvalue weighted by Gasteiger charge is -2.13. The number of para-hydroxylation sites is 1. The molecule has 2 heterocycles. The molecule has 0 aliphatic carbocycles. The van der Waals surface area contributed by atoms with Gasteiger partial charge in [-0.25, -0.2) is 4.98 Å². The molecule has 2 aromatic heterocycles. The molecule has 0 aliphatic heterocycles. The first-order valence-corrected chi connectivity index (χ1v) is 11.1. The van der Waals surface area contributed by atoms with Gasteiger partial charge < -0.3 is 20.1 Å². The number of hydrogen-bond acceptors (Lipinski definition) is 5. The summed E-state index contributed by atoms with van der Waals surface area (Å²) in [6.45, 7) is 2.46. The van der Waals surface area contributed by atoms with Crippen LogP contribution in [-0.4, -0.2) is 33.6 Å². The van der Waals surface area contributed by atoms with E-state index < -0.39 is 5.91 Å². The van der Waals surface area contributed by atoms with Crippen LogP contribution >= 0.6 is 0 Å². The van der Waals surface area contributed by atoms with E-state index in [-0.39, 0.29) is 18.1 Å². The van der Waals surface area contributed by atoms with E-state index in [2.05, 4.69) is 17.1 Å². The van der Waals surface area contributed by atoms with Gasteiger partial charge in [-0.15, -0.1) is 0 Å². The summed E-state index contributed by atoms with van der Waals surface area (Å²) in [4.78, 5) is 29.3. The smallest absolute Gasteiger partial charge is 0.305 e. The quantitative estimate of drug-likeness (QED) is 0.386. The molecule has 7 heteroatoms. The first-order valence-electron chi connectivity index (χ1n) is 11.1. The summed E-state index contributed by atoms with van der Waals surface area (Å²) in [5.74, 6) is -0.857. The maximum atomic E-state index is 12.6. The van der Waals surface area contributed by atoms with Crippen molar-refractivity contribution >= 4 is 22.8 Å². The molecule has 0 unspecified atom stereocenters. The predicted octanol–water partition coefficient (Wildman–Crippen LogP) is 4.16. The number of phenolic OH excluding ortho intramolecular Hbond substituents is 1. The van der Waals surface area contributed by atoms with Gasteiger partial charge in [-0.1, -0.05) is 48.5 Å². The standard InChI is InChI=1S/C27H27N3O4/c1-17-24(27(28)33)25(20-12-11-19-9-6-10-22(31)26(19)29-20)21(13-14-23(32)34-2)30(17)16-15-18-7-4-3-5-8-18/h3-12,31H,13-16H2,1-2H3,(H2,28,33). The molecular weight excluding hydrogens is 430 g/mol. The second-order valence-corrected chi connectivity index (χ2v) is 8.16. The highest BCUT2D eigenvalue weighted by atomic mass is 16.5. The lowest BCUT2D eigenvalue weighted by molar-refractivity contribution is -0.140. The van der Waals surface area contributed by atoms with Gasteiger partial charge >= 0.3 is 5.97 Å². The number of amides is 1. The Hall–Kier alpha value is -4.13. The molecule has 0 aliphatic rings. The van der Waals surface area contributed by atoms with Crippen LogP contribution in [0.3, 0.4) is 0 Å². The Morgan fingerprint density at radius 2 is 1.79 bits per heavy atom. The highest BCUT2D eigenvalue weighted by molar-refractivity contribution is 6.02. The number of aromatic nitrogens is 2. The van der Waals surface area contributed by atoms with Gasteiger partial charge in [-0.3, -0.25) is 9.59 Å². The number of carbonyl (C=O) groups is 2. The van der Waals surface area contributed by atoms with Crippen molar-refractivity contribution in [3.05, 3.63) is 83.2 Å². The highest BCUT2D eigenvalue weighted by Crippen LogP contribution is 2.35. The molecule has 0 atom stereocenters. The monoisotopic (exact) mass is 457 g/mol. The number of aromatic hydroxyl groups is 1. The first kappa shape index (κ1) is 23.0. The number of carbonyl (C=O) groups excluding carboxylic acids is 2. The van der Waals surface area contributed by atoms with E-state index in [0.717, 1.165) is 28.8 Å². The average molecular weight is 458 g/mol. The topological polar surface area (TPSA) is 107 Å². The number of ether oxygens (including phenoxy) is 1.